The predicted octanol–water partition coefficient (Wildman–Crippen LogP) is 3.70. The maximum Gasteiger partial charge on any atom is 0.146 e. The number of nitrogens with two attached hydrogens (primary N) is 1. The highest BCUT2D eigenvalue weighted by Crippen LogP contribution is 2.31. The number of anilines is 1. The summed E-state index contributed by atoms with van der Waals surface area (Å²) in [5.74, 6) is 1.06. The zero-order chi connectivity index (χ0) is 14.0. The van der Waals surface area contributed by atoms with Crippen molar-refractivity contribution >= 4 is 22.9 Å². The van der Waals surface area contributed by atoms with Crippen molar-refractivity contribution in [3.8, 4) is 0 Å². The third-order valence-corrected chi connectivity index (χ3v) is 4.26. The van der Waals surface area contributed by atoms with Gasteiger partial charge in [0.25, 0.3) is 0 Å². The molecule has 3 atom stereocenters. The lowest BCUT2D eigenvalue weighted by Crippen LogP contribution is -2.33. The molecule has 1 aliphatic rings. The Morgan fingerprint density at radius 2 is 2.11 bits per heavy atom. The Bertz CT molecular complexity index is 475. The van der Waals surface area contributed by atoms with Crippen LogP contribution in [0.4, 0.5) is 10.1 Å². The molecule has 0 aromatic heterocycles. The first-order chi connectivity index (χ1) is 8.97. The van der Waals surface area contributed by atoms with Crippen molar-refractivity contribution in [1.82, 2.24) is 0 Å². The highest BCUT2D eigenvalue weighted by atomic mass is 32.1. The van der Waals surface area contributed by atoms with Crippen LogP contribution in [-0.4, -0.2) is 11.0 Å². The SMILES string of the molecule is CC1CCC(Nc2ccc(C(N)=S)cc2F)C(C)C1. The summed E-state index contributed by atoms with van der Waals surface area (Å²) in [7, 11) is 0. The lowest BCUT2D eigenvalue weighted by molar-refractivity contribution is 0.276. The van der Waals surface area contributed by atoms with Gasteiger partial charge >= 0.3 is 0 Å². The fourth-order valence-corrected chi connectivity index (χ4v) is 2.99. The molecule has 3 N–H and O–H groups in total. The van der Waals surface area contributed by atoms with E-state index in [0.29, 0.717) is 23.2 Å². The van der Waals surface area contributed by atoms with Crippen molar-refractivity contribution in [3.05, 3.63) is 29.6 Å². The van der Waals surface area contributed by atoms with E-state index in [1.54, 1.807) is 12.1 Å². The van der Waals surface area contributed by atoms with Gasteiger partial charge in [0.2, 0.25) is 0 Å². The smallest absolute Gasteiger partial charge is 0.146 e. The molecule has 1 fully saturated rings. The van der Waals surface area contributed by atoms with E-state index in [1.165, 1.54) is 18.9 Å². The first kappa shape index (κ1) is 14.3. The average molecular weight is 280 g/mol. The van der Waals surface area contributed by atoms with Gasteiger partial charge in [-0.2, -0.15) is 0 Å². The van der Waals surface area contributed by atoms with Crippen LogP contribution in [0.3, 0.4) is 0 Å². The summed E-state index contributed by atoms with van der Waals surface area (Å²) in [6.07, 6.45) is 3.50. The Kier molecular flexibility index (Phi) is 4.40. The van der Waals surface area contributed by atoms with Crippen LogP contribution >= 0.6 is 12.2 Å². The number of thiocarbonyl (C=S) groups is 1. The van der Waals surface area contributed by atoms with Crippen molar-refractivity contribution in [3.63, 3.8) is 0 Å². The molecule has 2 nitrogen and oxygen atoms in total. The van der Waals surface area contributed by atoms with Crippen molar-refractivity contribution in [2.45, 2.75) is 39.2 Å². The van der Waals surface area contributed by atoms with E-state index in [9.17, 15) is 4.39 Å². The number of hydrogen-bond acceptors (Lipinski definition) is 2. The summed E-state index contributed by atoms with van der Waals surface area (Å²) in [6, 6.07) is 5.25. The standard InChI is InChI=1S/C15H21FN2S/c1-9-3-5-13(10(2)7-9)18-14-6-4-11(15(17)19)8-12(14)16/h4,6,8-10,13,18H,3,5,7H2,1-2H3,(H2,17,19). The van der Waals surface area contributed by atoms with Crippen LogP contribution in [0.2, 0.25) is 0 Å². The quantitative estimate of drug-likeness (QED) is 0.829. The molecule has 1 saturated carbocycles. The summed E-state index contributed by atoms with van der Waals surface area (Å²) in [5, 5.41) is 3.33. The van der Waals surface area contributed by atoms with Gasteiger partial charge < -0.3 is 11.1 Å². The lowest BCUT2D eigenvalue weighted by atomic mass is 9.80. The van der Waals surface area contributed by atoms with Crippen LogP contribution in [0.5, 0.6) is 0 Å². The molecule has 0 saturated heterocycles. The second-order valence-electron chi connectivity index (χ2n) is 5.71. The molecule has 1 aromatic carbocycles. The van der Waals surface area contributed by atoms with Crippen LogP contribution in [0, 0.1) is 17.7 Å². The van der Waals surface area contributed by atoms with Gasteiger partial charge in [-0.25, -0.2) is 4.39 Å². The lowest BCUT2D eigenvalue weighted by Gasteiger charge is -2.34. The van der Waals surface area contributed by atoms with Crippen molar-refractivity contribution in [2.75, 3.05) is 5.32 Å². The van der Waals surface area contributed by atoms with Crippen molar-refractivity contribution in [1.29, 1.82) is 0 Å². The highest BCUT2D eigenvalue weighted by Gasteiger charge is 2.25. The fourth-order valence-electron chi connectivity index (χ4n) is 2.86. The molecule has 0 spiro atoms. The van der Waals surface area contributed by atoms with E-state index in [1.807, 2.05) is 0 Å². The average Bonchev–Trinajstić information content (AvgIpc) is 2.34. The Hall–Kier alpha value is -1.16. The minimum Gasteiger partial charge on any atom is -0.389 e. The Balaban J connectivity index is 2.09. The van der Waals surface area contributed by atoms with Crippen LogP contribution in [-0.2, 0) is 0 Å². The molecule has 0 aliphatic heterocycles. The molecular weight excluding hydrogens is 259 g/mol. The topological polar surface area (TPSA) is 38.0 Å². The molecular formula is C15H21FN2S. The molecule has 1 aromatic rings. The molecule has 3 unspecified atom stereocenters. The molecule has 0 bridgehead atoms. The maximum atomic E-state index is 14.0. The van der Waals surface area contributed by atoms with E-state index in [4.69, 9.17) is 18.0 Å². The Morgan fingerprint density at radius 1 is 1.37 bits per heavy atom. The predicted molar refractivity (Wildman–Crippen MR) is 81.9 cm³/mol. The van der Waals surface area contributed by atoms with Gasteiger partial charge in [-0.15, -0.1) is 0 Å². The minimum absolute atomic E-state index is 0.227. The first-order valence-corrected chi connectivity index (χ1v) is 7.24. The fraction of sp³-hybridized carbons (Fsp3) is 0.533. The second-order valence-corrected chi connectivity index (χ2v) is 6.15. The Labute approximate surface area is 119 Å². The number of halogens is 1. The van der Waals surface area contributed by atoms with Gasteiger partial charge in [-0.1, -0.05) is 26.1 Å². The van der Waals surface area contributed by atoms with Crippen LogP contribution in [0.15, 0.2) is 18.2 Å². The van der Waals surface area contributed by atoms with Crippen LogP contribution < -0.4 is 11.1 Å². The molecule has 19 heavy (non-hydrogen) atoms. The number of nitrogens with one attached hydrogen (secondary N) is 1. The van der Waals surface area contributed by atoms with E-state index < -0.39 is 0 Å². The third-order valence-electron chi connectivity index (χ3n) is 4.03. The van der Waals surface area contributed by atoms with E-state index in [0.717, 1.165) is 12.3 Å². The number of hydrogen-bond donors (Lipinski definition) is 2. The van der Waals surface area contributed by atoms with Crippen molar-refractivity contribution in [2.24, 2.45) is 17.6 Å². The van der Waals surface area contributed by atoms with Gasteiger partial charge in [0, 0.05) is 11.6 Å². The van der Waals surface area contributed by atoms with Crippen molar-refractivity contribution < 1.29 is 4.39 Å². The monoisotopic (exact) mass is 280 g/mol. The number of rotatable bonds is 3. The molecule has 0 heterocycles. The van der Waals surface area contributed by atoms with Crippen LogP contribution in [0.1, 0.15) is 38.7 Å². The molecule has 0 radical (unpaired) electrons. The first-order valence-electron chi connectivity index (χ1n) is 6.83. The molecule has 104 valence electrons. The summed E-state index contributed by atoms with van der Waals surface area (Å²) >= 11 is 4.85. The van der Waals surface area contributed by atoms with Gasteiger partial charge in [-0.05, 0) is 49.3 Å². The Morgan fingerprint density at radius 3 is 2.68 bits per heavy atom. The van der Waals surface area contributed by atoms with Gasteiger partial charge in [0.05, 0.1) is 5.69 Å². The summed E-state index contributed by atoms with van der Waals surface area (Å²) < 4.78 is 14.0. The summed E-state index contributed by atoms with van der Waals surface area (Å²) in [5.41, 5.74) is 6.62. The highest BCUT2D eigenvalue weighted by molar-refractivity contribution is 7.80. The summed E-state index contributed by atoms with van der Waals surface area (Å²) in [6.45, 7) is 4.51. The van der Waals surface area contributed by atoms with Crippen LogP contribution in [0.25, 0.3) is 0 Å². The van der Waals surface area contributed by atoms with E-state index in [-0.39, 0.29) is 10.8 Å². The second kappa shape index (κ2) is 5.87. The normalized spacial score (nSPS) is 27.0. The number of benzene rings is 1. The van der Waals surface area contributed by atoms with E-state index >= 15 is 0 Å². The molecule has 1 aliphatic carbocycles. The van der Waals surface area contributed by atoms with E-state index in [2.05, 4.69) is 19.2 Å². The maximum absolute atomic E-state index is 14.0. The molecule has 4 heteroatoms. The minimum atomic E-state index is -0.281. The molecule has 0 amide bonds. The van der Waals surface area contributed by atoms with Gasteiger partial charge in [-0.3, -0.25) is 0 Å². The molecule has 2 rings (SSSR count). The largest absolute Gasteiger partial charge is 0.389 e. The zero-order valence-electron chi connectivity index (χ0n) is 11.4. The summed E-state index contributed by atoms with van der Waals surface area (Å²) in [4.78, 5) is 0.227. The van der Waals surface area contributed by atoms with Gasteiger partial charge in [0.15, 0.2) is 0 Å². The zero-order valence-corrected chi connectivity index (χ0v) is 12.3. The van der Waals surface area contributed by atoms with Gasteiger partial charge in [0.1, 0.15) is 10.8 Å². The third kappa shape index (κ3) is 3.44.